The monoisotopic (exact) mass is 341 g/mol. The maximum Gasteiger partial charge on any atom is 0.351 e. The third kappa shape index (κ3) is 3.33. The van der Waals surface area contributed by atoms with E-state index in [1.165, 1.54) is 19.3 Å². The van der Waals surface area contributed by atoms with Gasteiger partial charge in [-0.15, -0.1) is 0 Å². The van der Waals surface area contributed by atoms with Crippen LogP contribution in [0.1, 0.15) is 42.5 Å². The average Bonchev–Trinajstić information content (AvgIpc) is 2.65. The first-order valence-electron chi connectivity index (χ1n) is 9.16. The van der Waals surface area contributed by atoms with Crippen LogP contribution in [0, 0.1) is 5.92 Å². The van der Waals surface area contributed by atoms with Crippen molar-refractivity contribution in [2.75, 3.05) is 19.7 Å². The van der Waals surface area contributed by atoms with E-state index < -0.39 is 11.6 Å². The Bertz CT molecular complexity index is 826. The van der Waals surface area contributed by atoms with Gasteiger partial charge in [-0.2, -0.15) is 0 Å². The highest BCUT2D eigenvalue weighted by atomic mass is 16.5. The van der Waals surface area contributed by atoms with Gasteiger partial charge in [-0.1, -0.05) is 24.6 Å². The van der Waals surface area contributed by atoms with Crippen LogP contribution in [0.15, 0.2) is 39.5 Å². The summed E-state index contributed by atoms with van der Waals surface area (Å²) in [5.74, 6) is -0.210. The summed E-state index contributed by atoms with van der Waals surface area (Å²) in [4.78, 5) is 27.0. The number of para-hydroxylation sites is 1. The van der Waals surface area contributed by atoms with E-state index in [2.05, 4.69) is 4.90 Å². The highest BCUT2D eigenvalue weighted by Crippen LogP contribution is 2.31. The Labute approximate surface area is 146 Å². The van der Waals surface area contributed by atoms with Gasteiger partial charge in [0.1, 0.15) is 11.1 Å². The highest BCUT2D eigenvalue weighted by Gasteiger charge is 2.33. The molecular weight excluding hydrogens is 318 g/mol. The van der Waals surface area contributed by atoms with Crippen LogP contribution in [-0.2, 0) is 4.74 Å². The van der Waals surface area contributed by atoms with Crippen LogP contribution in [0.3, 0.4) is 0 Å². The predicted molar refractivity (Wildman–Crippen MR) is 94.7 cm³/mol. The first-order valence-corrected chi connectivity index (χ1v) is 9.16. The van der Waals surface area contributed by atoms with Gasteiger partial charge in [0.25, 0.3) is 0 Å². The van der Waals surface area contributed by atoms with Gasteiger partial charge in [-0.05, 0) is 50.9 Å². The maximum atomic E-state index is 12.4. The Hall–Kier alpha value is -2.14. The minimum absolute atomic E-state index is 0.0185. The quantitative estimate of drug-likeness (QED) is 0.634. The Kier molecular flexibility index (Phi) is 4.57. The van der Waals surface area contributed by atoms with Crippen molar-refractivity contribution in [2.24, 2.45) is 5.92 Å². The number of hydrogen-bond donors (Lipinski definition) is 0. The van der Waals surface area contributed by atoms with Crippen molar-refractivity contribution in [3.63, 3.8) is 0 Å². The molecule has 0 spiro atoms. The van der Waals surface area contributed by atoms with Crippen molar-refractivity contribution in [1.82, 2.24) is 4.90 Å². The van der Waals surface area contributed by atoms with Gasteiger partial charge in [0, 0.05) is 17.3 Å². The van der Waals surface area contributed by atoms with Gasteiger partial charge in [0.2, 0.25) is 0 Å². The molecule has 5 heteroatoms. The standard InChI is InChI=1S/C20H23NO4/c22-19(16-12-14-6-1-2-9-18(14)25-20(16)23)24-13-15-7-5-11-21-10-4-3-8-17(15)21/h1-2,6,9,12,15,17H,3-5,7-8,10-11,13H2/t15-,17+/m0/s1. The van der Waals surface area contributed by atoms with Gasteiger partial charge >= 0.3 is 11.6 Å². The summed E-state index contributed by atoms with van der Waals surface area (Å²) in [6.45, 7) is 2.69. The Balaban J connectivity index is 1.47. The number of esters is 1. The second-order valence-corrected chi connectivity index (χ2v) is 7.09. The molecular formula is C20H23NO4. The Morgan fingerprint density at radius 2 is 2.00 bits per heavy atom. The van der Waals surface area contributed by atoms with Crippen LogP contribution in [-0.4, -0.2) is 36.6 Å². The minimum Gasteiger partial charge on any atom is -0.462 e. The number of carbonyl (C=O) groups is 1. The van der Waals surface area contributed by atoms with Crippen LogP contribution >= 0.6 is 0 Å². The lowest BCUT2D eigenvalue weighted by molar-refractivity contribution is 0.00716. The van der Waals surface area contributed by atoms with E-state index in [1.807, 2.05) is 12.1 Å². The number of ether oxygens (including phenoxy) is 1. The Morgan fingerprint density at radius 3 is 2.92 bits per heavy atom. The molecule has 0 saturated carbocycles. The Morgan fingerprint density at radius 1 is 1.16 bits per heavy atom. The number of benzene rings is 1. The zero-order valence-corrected chi connectivity index (χ0v) is 14.3. The minimum atomic E-state index is -0.633. The molecule has 132 valence electrons. The molecule has 0 amide bonds. The molecule has 0 bridgehead atoms. The van der Waals surface area contributed by atoms with Gasteiger partial charge < -0.3 is 9.15 Å². The molecule has 2 aromatic rings. The van der Waals surface area contributed by atoms with Crippen molar-refractivity contribution in [1.29, 1.82) is 0 Å². The number of fused-ring (bicyclic) bond motifs is 2. The molecule has 2 aliphatic heterocycles. The van der Waals surface area contributed by atoms with Crippen molar-refractivity contribution >= 4 is 16.9 Å². The van der Waals surface area contributed by atoms with Crippen LogP contribution in [0.2, 0.25) is 0 Å². The fraction of sp³-hybridized carbons (Fsp3) is 0.500. The van der Waals surface area contributed by atoms with Gasteiger partial charge in [0.15, 0.2) is 0 Å². The SMILES string of the molecule is O=C(OC[C@@H]1CCCN2CCCC[C@H]12)c1cc2ccccc2oc1=O. The van der Waals surface area contributed by atoms with Crippen molar-refractivity contribution in [2.45, 2.75) is 38.1 Å². The van der Waals surface area contributed by atoms with Gasteiger partial charge in [-0.25, -0.2) is 9.59 Å². The third-order valence-electron chi connectivity index (χ3n) is 5.52. The van der Waals surface area contributed by atoms with Crippen LogP contribution in [0.25, 0.3) is 11.0 Å². The lowest BCUT2D eigenvalue weighted by atomic mass is 9.84. The smallest absolute Gasteiger partial charge is 0.351 e. The van der Waals surface area contributed by atoms with Crippen LogP contribution < -0.4 is 5.63 Å². The number of piperidine rings is 2. The summed E-state index contributed by atoms with van der Waals surface area (Å²) in [6, 6.07) is 9.25. The van der Waals surface area contributed by atoms with Crippen molar-refractivity contribution in [3.8, 4) is 0 Å². The van der Waals surface area contributed by atoms with Crippen molar-refractivity contribution in [3.05, 3.63) is 46.3 Å². The molecule has 4 rings (SSSR count). The van der Waals surface area contributed by atoms with E-state index in [1.54, 1.807) is 18.2 Å². The first-order chi connectivity index (χ1) is 12.2. The zero-order chi connectivity index (χ0) is 17.2. The molecule has 1 aromatic heterocycles. The molecule has 2 fully saturated rings. The van der Waals surface area contributed by atoms with Gasteiger partial charge in [-0.3, -0.25) is 4.90 Å². The fourth-order valence-electron chi connectivity index (χ4n) is 4.24. The predicted octanol–water partition coefficient (Wildman–Crippen LogP) is 3.21. The van der Waals surface area contributed by atoms with Crippen LogP contribution in [0.5, 0.6) is 0 Å². The average molecular weight is 341 g/mol. The largest absolute Gasteiger partial charge is 0.462 e. The number of rotatable bonds is 3. The third-order valence-corrected chi connectivity index (χ3v) is 5.52. The summed E-state index contributed by atoms with van der Waals surface area (Å²) in [6.07, 6.45) is 5.93. The van der Waals surface area contributed by atoms with E-state index in [-0.39, 0.29) is 5.56 Å². The zero-order valence-electron chi connectivity index (χ0n) is 14.3. The molecule has 2 aliphatic rings. The molecule has 2 saturated heterocycles. The number of hydrogen-bond acceptors (Lipinski definition) is 5. The topological polar surface area (TPSA) is 59.8 Å². The van der Waals surface area contributed by atoms with E-state index in [0.29, 0.717) is 24.1 Å². The van der Waals surface area contributed by atoms with E-state index in [9.17, 15) is 9.59 Å². The lowest BCUT2D eigenvalue weighted by Gasteiger charge is -2.44. The normalized spacial score (nSPS) is 24.0. The van der Waals surface area contributed by atoms with Crippen LogP contribution in [0.4, 0.5) is 0 Å². The molecule has 0 radical (unpaired) electrons. The highest BCUT2D eigenvalue weighted by molar-refractivity contribution is 5.92. The molecule has 1 aromatic carbocycles. The summed E-state index contributed by atoms with van der Waals surface area (Å²) in [7, 11) is 0. The van der Waals surface area contributed by atoms with Gasteiger partial charge in [0.05, 0.1) is 6.61 Å². The molecule has 0 N–H and O–H groups in total. The molecule has 5 nitrogen and oxygen atoms in total. The molecule has 2 atom stereocenters. The second-order valence-electron chi connectivity index (χ2n) is 7.09. The van der Waals surface area contributed by atoms with E-state index >= 15 is 0 Å². The van der Waals surface area contributed by atoms with E-state index in [4.69, 9.17) is 9.15 Å². The number of nitrogens with zero attached hydrogens (tertiary/aromatic N) is 1. The summed E-state index contributed by atoms with van der Waals surface area (Å²) < 4.78 is 10.7. The summed E-state index contributed by atoms with van der Waals surface area (Å²) in [5, 5.41) is 0.727. The molecule has 25 heavy (non-hydrogen) atoms. The van der Waals surface area contributed by atoms with Crippen molar-refractivity contribution < 1.29 is 13.9 Å². The fourth-order valence-corrected chi connectivity index (χ4v) is 4.24. The molecule has 0 aliphatic carbocycles. The van der Waals surface area contributed by atoms with E-state index in [0.717, 1.165) is 31.3 Å². The second kappa shape index (κ2) is 7.00. The number of carbonyl (C=O) groups excluding carboxylic acids is 1. The lowest BCUT2D eigenvalue weighted by Crippen LogP contribution is -2.49. The summed E-state index contributed by atoms with van der Waals surface area (Å²) >= 11 is 0. The molecule has 3 heterocycles. The maximum absolute atomic E-state index is 12.4. The first kappa shape index (κ1) is 16.3. The summed E-state index contributed by atoms with van der Waals surface area (Å²) in [5.41, 5.74) is -0.171. The molecule has 0 unspecified atom stereocenters.